The SMILES string of the molecule is COC(=O)c1cc(C2=CCN(C)CC2)ccc1F.COC(=O)c1cc(C2CCN(C)CC2)ccc1F. The molecule has 1 fully saturated rings. The van der Waals surface area contributed by atoms with Crippen LogP contribution in [0.15, 0.2) is 42.5 Å². The minimum absolute atomic E-state index is 0.00479. The van der Waals surface area contributed by atoms with Crippen molar-refractivity contribution in [1.82, 2.24) is 9.80 Å². The number of carbonyl (C=O) groups excluding carboxylic acids is 2. The van der Waals surface area contributed by atoms with Crippen LogP contribution in [-0.2, 0) is 9.47 Å². The highest BCUT2D eigenvalue weighted by atomic mass is 19.1. The van der Waals surface area contributed by atoms with Crippen molar-refractivity contribution in [2.24, 2.45) is 0 Å². The molecule has 2 heterocycles. The molecule has 0 aromatic heterocycles. The number of hydrogen-bond acceptors (Lipinski definition) is 6. The van der Waals surface area contributed by atoms with E-state index in [0.717, 1.165) is 62.1 Å². The zero-order chi connectivity index (χ0) is 26.2. The summed E-state index contributed by atoms with van der Waals surface area (Å²) < 4.78 is 36.2. The number of hydrogen-bond donors (Lipinski definition) is 0. The van der Waals surface area contributed by atoms with Crippen LogP contribution in [0.3, 0.4) is 0 Å². The zero-order valence-electron chi connectivity index (χ0n) is 21.4. The molecular weight excluding hydrogens is 466 g/mol. The summed E-state index contributed by atoms with van der Waals surface area (Å²) in [5, 5.41) is 0. The van der Waals surface area contributed by atoms with Crippen LogP contribution in [0.1, 0.15) is 57.0 Å². The van der Waals surface area contributed by atoms with E-state index in [0.29, 0.717) is 5.92 Å². The lowest BCUT2D eigenvalue weighted by molar-refractivity contribution is 0.0586. The quantitative estimate of drug-likeness (QED) is 0.565. The van der Waals surface area contributed by atoms with Crippen molar-refractivity contribution in [3.8, 4) is 0 Å². The van der Waals surface area contributed by atoms with Gasteiger partial charge in [-0.05, 0) is 93.3 Å². The Labute approximate surface area is 211 Å². The Morgan fingerprint density at radius 2 is 1.42 bits per heavy atom. The molecule has 0 atom stereocenters. The number of rotatable bonds is 4. The molecule has 4 rings (SSSR count). The summed E-state index contributed by atoms with van der Waals surface area (Å²) in [5.41, 5.74) is 3.11. The van der Waals surface area contributed by atoms with E-state index in [4.69, 9.17) is 0 Å². The van der Waals surface area contributed by atoms with Crippen molar-refractivity contribution in [2.45, 2.75) is 25.2 Å². The third-order valence-electron chi connectivity index (χ3n) is 6.74. The van der Waals surface area contributed by atoms with Gasteiger partial charge in [-0.25, -0.2) is 18.4 Å². The molecule has 2 aliphatic heterocycles. The van der Waals surface area contributed by atoms with Crippen molar-refractivity contribution in [2.75, 3.05) is 54.5 Å². The summed E-state index contributed by atoms with van der Waals surface area (Å²) in [4.78, 5) is 27.4. The molecule has 8 heteroatoms. The van der Waals surface area contributed by atoms with Crippen LogP contribution >= 0.6 is 0 Å². The molecule has 0 aliphatic carbocycles. The third kappa shape index (κ3) is 6.98. The average molecular weight is 501 g/mol. The number of likely N-dealkylation sites (N-methyl/N-ethyl adjacent to an activating group) is 1. The van der Waals surface area contributed by atoms with Gasteiger partial charge in [-0.15, -0.1) is 0 Å². The molecule has 194 valence electrons. The molecule has 1 saturated heterocycles. The van der Waals surface area contributed by atoms with Crippen LogP contribution in [0.2, 0.25) is 0 Å². The Bertz CT molecular complexity index is 1110. The number of methoxy groups -OCH3 is 2. The maximum atomic E-state index is 13.5. The maximum Gasteiger partial charge on any atom is 0.340 e. The van der Waals surface area contributed by atoms with E-state index in [1.165, 1.54) is 26.4 Å². The minimum Gasteiger partial charge on any atom is -0.465 e. The summed E-state index contributed by atoms with van der Waals surface area (Å²) in [6.07, 6.45) is 5.10. The largest absolute Gasteiger partial charge is 0.465 e. The predicted molar refractivity (Wildman–Crippen MR) is 135 cm³/mol. The first-order valence-corrected chi connectivity index (χ1v) is 12.1. The standard InChI is InChI=1S/C14H18FNO2.C14H16FNO2/c2*1-16-7-5-10(6-8-16)11-3-4-13(15)12(9-11)14(17)18-2/h3-4,9-10H,5-8H2,1-2H3;3-5,9H,6-8H2,1-2H3. The fraction of sp³-hybridized carbons (Fsp3) is 0.429. The number of halogens is 2. The number of ether oxygens (including phenoxy) is 2. The number of piperidine rings is 1. The Hall–Kier alpha value is -3.10. The van der Waals surface area contributed by atoms with Gasteiger partial charge in [0.1, 0.15) is 11.6 Å². The molecular formula is C28H34F2N2O4. The summed E-state index contributed by atoms with van der Waals surface area (Å²) in [6.45, 7) is 3.92. The summed E-state index contributed by atoms with van der Waals surface area (Å²) >= 11 is 0. The average Bonchev–Trinajstić information content (AvgIpc) is 2.90. The molecule has 0 amide bonds. The van der Waals surface area contributed by atoms with E-state index in [-0.39, 0.29) is 11.1 Å². The lowest BCUT2D eigenvalue weighted by atomic mass is 9.88. The zero-order valence-corrected chi connectivity index (χ0v) is 21.4. The molecule has 6 nitrogen and oxygen atoms in total. The Kier molecular flexibility index (Phi) is 9.73. The molecule has 0 unspecified atom stereocenters. The van der Waals surface area contributed by atoms with Crippen molar-refractivity contribution in [3.63, 3.8) is 0 Å². The highest BCUT2D eigenvalue weighted by Crippen LogP contribution is 2.29. The van der Waals surface area contributed by atoms with Gasteiger partial charge in [0.15, 0.2) is 0 Å². The van der Waals surface area contributed by atoms with Gasteiger partial charge in [-0.3, -0.25) is 0 Å². The lowest BCUT2D eigenvalue weighted by Crippen LogP contribution is -2.29. The molecule has 0 bridgehead atoms. The molecule has 2 aromatic rings. The van der Waals surface area contributed by atoms with Gasteiger partial charge in [-0.1, -0.05) is 18.2 Å². The van der Waals surface area contributed by atoms with Gasteiger partial charge >= 0.3 is 11.9 Å². The van der Waals surface area contributed by atoms with Gasteiger partial charge in [0, 0.05) is 13.1 Å². The second-order valence-corrected chi connectivity index (χ2v) is 9.24. The second kappa shape index (κ2) is 12.7. The topological polar surface area (TPSA) is 59.1 Å². The van der Waals surface area contributed by atoms with Crippen molar-refractivity contribution < 1.29 is 27.8 Å². The monoisotopic (exact) mass is 500 g/mol. The van der Waals surface area contributed by atoms with Crippen LogP contribution in [-0.4, -0.2) is 76.2 Å². The summed E-state index contributed by atoms with van der Waals surface area (Å²) in [6, 6.07) is 9.37. The number of esters is 2. The Morgan fingerprint density at radius 1 is 0.833 bits per heavy atom. The van der Waals surface area contributed by atoms with E-state index in [1.807, 2.05) is 0 Å². The lowest BCUT2D eigenvalue weighted by Gasteiger charge is -2.29. The van der Waals surface area contributed by atoms with Gasteiger partial charge < -0.3 is 19.3 Å². The van der Waals surface area contributed by atoms with E-state index < -0.39 is 23.6 Å². The summed E-state index contributed by atoms with van der Waals surface area (Å²) in [5.74, 6) is -1.90. The highest BCUT2D eigenvalue weighted by molar-refractivity contribution is 5.91. The minimum atomic E-state index is -0.636. The first kappa shape index (κ1) is 27.5. The molecule has 2 aliphatic rings. The molecule has 2 aromatic carbocycles. The van der Waals surface area contributed by atoms with Crippen LogP contribution in [0.25, 0.3) is 5.57 Å². The molecule has 0 radical (unpaired) electrons. The predicted octanol–water partition coefficient (Wildman–Crippen LogP) is 4.75. The fourth-order valence-corrected chi connectivity index (χ4v) is 4.43. The fourth-order valence-electron chi connectivity index (χ4n) is 4.43. The molecule has 0 saturated carbocycles. The number of benzene rings is 2. The van der Waals surface area contributed by atoms with Gasteiger partial charge in [-0.2, -0.15) is 0 Å². The Balaban J connectivity index is 0.000000201. The van der Waals surface area contributed by atoms with E-state index in [9.17, 15) is 18.4 Å². The number of nitrogens with zero attached hydrogens (tertiary/aromatic N) is 2. The van der Waals surface area contributed by atoms with E-state index in [2.05, 4.69) is 39.4 Å². The van der Waals surface area contributed by atoms with Gasteiger partial charge in [0.25, 0.3) is 0 Å². The maximum absolute atomic E-state index is 13.5. The van der Waals surface area contributed by atoms with Gasteiger partial charge in [0.05, 0.1) is 25.3 Å². The van der Waals surface area contributed by atoms with Crippen LogP contribution in [0.5, 0.6) is 0 Å². The van der Waals surface area contributed by atoms with Crippen molar-refractivity contribution in [3.05, 3.63) is 76.4 Å². The third-order valence-corrected chi connectivity index (χ3v) is 6.74. The summed E-state index contributed by atoms with van der Waals surface area (Å²) in [7, 11) is 6.67. The molecule has 36 heavy (non-hydrogen) atoms. The van der Waals surface area contributed by atoms with Crippen LogP contribution < -0.4 is 0 Å². The first-order valence-electron chi connectivity index (χ1n) is 12.1. The first-order chi connectivity index (χ1) is 17.2. The van der Waals surface area contributed by atoms with Crippen molar-refractivity contribution in [1.29, 1.82) is 0 Å². The number of likely N-dealkylation sites (tertiary alicyclic amines) is 1. The number of carbonyl (C=O) groups is 2. The van der Waals surface area contributed by atoms with E-state index in [1.54, 1.807) is 24.3 Å². The normalized spacial score (nSPS) is 17.0. The van der Waals surface area contributed by atoms with Crippen LogP contribution in [0.4, 0.5) is 8.78 Å². The van der Waals surface area contributed by atoms with Crippen molar-refractivity contribution >= 4 is 17.5 Å². The van der Waals surface area contributed by atoms with Gasteiger partial charge in [0.2, 0.25) is 0 Å². The second-order valence-electron chi connectivity index (χ2n) is 9.24. The smallest absolute Gasteiger partial charge is 0.340 e. The Morgan fingerprint density at radius 3 is 1.97 bits per heavy atom. The molecule has 0 N–H and O–H groups in total. The molecule has 0 spiro atoms. The highest BCUT2D eigenvalue weighted by Gasteiger charge is 2.21. The van der Waals surface area contributed by atoms with Crippen LogP contribution in [0, 0.1) is 11.6 Å². The van der Waals surface area contributed by atoms with E-state index >= 15 is 0 Å².